The molecular weight excluding hydrogens is 492 g/mol. The second kappa shape index (κ2) is 12.9. The number of nitrogens with one attached hydrogen (secondary N) is 1. The molecule has 34 heavy (non-hydrogen) atoms. The van der Waals surface area contributed by atoms with Crippen molar-refractivity contribution in [3.63, 3.8) is 0 Å². The average Bonchev–Trinajstić information content (AvgIpc) is 3.34. The van der Waals surface area contributed by atoms with E-state index in [-0.39, 0.29) is 24.5 Å². The van der Waals surface area contributed by atoms with Crippen LogP contribution in [0, 0.1) is 0 Å². The number of ether oxygens (including phenoxy) is 1. The van der Waals surface area contributed by atoms with Gasteiger partial charge in [0.2, 0.25) is 5.91 Å². The molecule has 2 aromatic carbocycles. The Morgan fingerprint density at radius 1 is 1.12 bits per heavy atom. The highest BCUT2D eigenvalue weighted by molar-refractivity contribution is 9.10. The first-order valence-electron chi connectivity index (χ1n) is 12.4. The molecule has 1 atom stereocenters. The largest absolute Gasteiger partial charge is 0.483 e. The minimum Gasteiger partial charge on any atom is -0.483 e. The number of amides is 2. The first kappa shape index (κ1) is 26.3. The van der Waals surface area contributed by atoms with E-state index in [4.69, 9.17) is 4.74 Å². The Morgan fingerprint density at radius 3 is 2.44 bits per heavy atom. The molecule has 0 saturated heterocycles. The third-order valence-corrected chi connectivity index (χ3v) is 7.17. The van der Waals surface area contributed by atoms with Gasteiger partial charge in [-0.25, -0.2) is 0 Å². The number of nitrogens with zero attached hydrogens (tertiary/aromatic N) is 1. The Kier molecular flexibility index (Phi) is 10.00. The van der Waals surface area contributed by atoms with Crippen molar-refractivity contribution in [3.05, 3.63) is 64.1 Å². The average molecular weight is 530 g/mol. The predicted molar refractivity (Wildman–Crippen MR) is 140 cm³/mol. The normalized spacial score (nSPS) is 14.7. The number of hydrogen-bond donors (Lipinski definition) is 1. The van der Waals surface area contributed by atoms with Crippen LogP contribution in [0.25, 0.3) is 0 Å². The molecule has 1 N–H and O–H groups in total. The van der Waals surface area contributed by atoms with Crippen molar-refractivity contribution in [3.8, 4) is 5.75 Å². The molecule has 2 aromatic rings. The van der Waals surface area contributed by atoms with Gasteiger partial charge in [-0.1, -0.05) is 70.0 Å². The first-order chi connectivity index (χ1) is 16.4. The predicted octanol–water partition coefficient (Wildman–Crippen LogP) is 5.86. The Hall–Kier alpha value is -2.34. The Balaban J connectivity index is 1.71. The van der Waals surface area contributed by atoms with E-state index in [0.29, 0.717) is 31.1 Å². The lowest BCUT2D eigenvalue weighted by Gasteiger charge is -2.31. The third kappa shape index (κ3) is 7.33. The first-order valence-corrected chi connectivity index (χ1v) is 13.2. The van der Waals surface area contributed by atoms with Crippen LogP contribution in [0.5, 0.6) is 5.75 Å². The highest BCUT2D eigenvalue weighted by Crippen LogP contribution is 2.29. The quantitative estimate of drug-likeness (QED) is 0.397. The van der Waals surface area contributed by atoms with Gasteiger partial charge in [0.1, 0.15) is 11.8 Å². The van der Waals surface area contributed by atoms with E-state index in [1.165, 1.54) is 5.56 Å². The standard InChI is InChI=1S/C28H37BrN2O3/c1-4-25(28(33)30-23-12-8-9-13-23)31(17-16-21-10-6-5-7-11-21)27(32)19-34-26-15-14-22(20(2)3)18-24(26)29/h5-7,10-11,14-15,18,20,23,25H,4,8-9,12-13,16-17,19H2,1-3H3,(H,30,33)/t25-/m0/s1. The van der Waals surface area contributed by atoms with Gasteiger partial charge in [-0.15, -0.1) is 0 Å². The van der Waals surface area contributed by atoms with E-state index in [1.54, 1.807) is 4.90 Å². The van der Waals surface area contributed by atoms with Gasteiger partial charge in [0.05, 0.1) is 4.47 Å². The molecule has 184 valence electrons. The molecule has 6 heteroatoms. The molecule has 0 spiro atoms. The summed E-state index contributed by atoms with van der Waals surface area (Å²) >= 11 is 3.56. The van der Waals surface area contributed by atoms with Crippen molar-refractivity contribution in [1.29, 1.82) is 0 Å². The fraction of sp³-hybridized carbons (Fsp3) is 0.500. The summed E-state index contributed by atoms with van der Waals surface area (Å²) in [5, 5.41) is 3.18. The van der Waals surface area contributed by atoms with Gasteiger partial charge in [0.15, 0.2) is 6.61 Å². The lowest BCUT2D eigenvalue weighted by atomic mass is 10.0. The van der Waals surface area contributed by atoms with Crippen LogP contribution in [0.2, 0.25) is 0 Å². The zero-order valence-electron chi connectivity index (χ0n) is 20.6. The summed E-state index contributed by atoms with van der Waals surface area (Å²) in [7, 11) is 0. The zero-order valence-corrected chi connectivity index (χ0v) is 22.1. The van der Waals surface area contributed by atoms with E-state index in [2.05, 4.69) is 35.1 Å². The molecule has 2 amide bonds. The van der Waals surface area contributed by atoms with Crippen LogP contribution in [0.1, 0.15) is 69.9 Å². The fourth-order valence-electron chi connectivity index (χ4n) is 4.48. The summed E-state index contributed by atoms with van der Waals surface area (Å²) in [5.41, 5.74) is 2.34. The maximum absolute atomic E-state index is 13.4. The van der Waals surface area contributed by atoms with Crippen LogP contribution in [-0.2, 0) is 16.0 Å². The molecule has 5 nitrogen and oxygen atoms in total. The summed E-state index contributed by atoms with van der Waals surface area (Å²) in [6.07, 6.45) is 5.58. The second-order valence-electron chi connectivity index (χ2n) is 9.37. The molecule has 0 radical (unpaired) electrons. The molecule has 3 rings (SSSR count). The van der Waals surface area contributed by atoms with Gasteiger partial charge in [-0.05, 0) is 70.8 Å². The van der Waals surface area contributed by atoms with E-state index in [1.807, 2.05) is 55.5 Å². The van der Waals surface area contributed by atoms with Crippen molar-refractivity contribution in [2.75, 3.05) is 13.2 Å². The fourth-order valence-corrected chi connectivity index (χ4v) is 4.99. The summed E-state index contributed by atoms with van der Waals surface area (Å²) in [5.74, 6) is 0.802. The van der Waals surface area contributed by atoms with Gasteiger partial charge in [-0.2, -0.15) is 0 Å². The summed E-state index contributed by atoms with van der Waals surface area (Å²) < 4.78 is 6.73. The molecular formula is C28H37BrN2O3. The monoisotopic (exact) mass is 528 g/mol. The number of carbonyl (C=O) groups is 2. The molecule has 0 aromatic heterocycles. The molecule has 1 aliphatic rings. The van der Waals surface area contributed by atoms with Crippen LogP contribution in [0.3, 0.4) is 0 Å². The van der Waals surface area contributed by atoms with E-state index >= 15 is 0 Å². The topological polar surface area (TPSA) is 58.6 Å². The minimum atomic E-state index is -0.507. The molecule has 1 fully saturated rings. The highest BCUT2D eigenvalue weighted by atomic mass is 79.9. The minimum absolute atomic E-state index is 0.0571. The van der Waals surface area contributed by atoms with Crippen LogP contribution >= 0.6 is 15.9 Å². The van der Waals surface area contributed by atoms with Crippen molar-refractivity contribution >= 4 is 27.7 Å². The van der Waals surface area contributed by atoms with E-state index < -0.39 is 6.04 Å². The Labute approximate surface area is 212 Å². The Bertz CT molecular complexity index is 942. The number of halogens is 1. The maximum atomic E-state index is 13.4. The van der Waals surface area contributed by atoms with Gasteiger partial charge in [0.25, 0.3) is 5.91 Å². The van der Waals surface area contributed by atoms with Crippen LogP contribution in [0.15, 0.2) is 53.0 Å². The van der Waals surface area contributed by atoms with Gasteiger partial charge in [-0.3, -0.25) is 9.59 Å². The van der Waals surface area contributed by atoms with E-state index in [9.17, 15) is 9.59 Å². The van der Waals surface area contributed by atoms with Crippen LogP contribution in [-0.4, -0.2) is 41.9 Å². The van der Waals surface area contributed by atoms with Gasteiger partial charge in [0, 0.05) is 12.6 Å². The zero-order chi connectivity index (χ0) is 24.5. The lowest BCUT2D eigenvalue weighted by molar-refractivity contribution is -0.142. The number of carbonyl (C=O) groups excluding carboxylic acids is 2. The number of benzene rings is 2. The highest BCUT2D eigenvalue weighted by Gasteiger charge is 2.30. The van der Waals surface area contributed by atoms with Crippen molar-refractivity contribution in [2.24, 2.45) is 0 Å². The van der Waals surface area contributed by atoms with E-state index in [0.717, 1.165) is 35.7 Å². The maximum Gasteiger partial charge on any atom is 0.261 e. The summed E-state index contributed by atoms with van der Waals surface area (Å²) in [4.78, 5) is 28.2. The van der Waals surface area contributed by atoms with Crippen molar-refractivity contribution in [2.45, 2.75) is 77.3 Å². The molecule has 1 aliphatic carbocycles. The number of hydrogen-bond acceptors (Lipinski definition) is 3. The van der Waals surface area contributed by atoms with Crippen LogP contribution in [0.4, 0.5) is 0 Å². The molecule has 0 aliphatic heterocycles. The Morgan fingerprint density at radius 2 is 1.82 bits per heavy atom. The number of rotatable bonds is 11. The second-order valence-corrected chi connectivity index (χ2v) is 10.2. The van der Waals surface area contributed by atoms with Crippen molar-refractivity contribution in [1.82, 2.24) is 10.2 Å². The molecule has 1 saturated carbocycles. The molecule has 0 unspecified atom stereocenters. The van der Waals surface area contributed by atoms with Gasteiger partial charge < -0.3 is 15.0 Å². The van der Waals surface area contributed by atoms with Crippen LogP contribution < -0.4 is 10.1 Å². The van der Waals surface area contributed by atoms with Gasteiger partial charge >= 0.3 is 0 Å². The molecule has 0 bridgehead atoms. The van der Waals surface area contributed by atoms with Crippen molar-refractivity contribution < 1.29 is 14.3 Å². The summed E-state index contributed by atoms with van der Waals surface area (Å²) in [6, 6.07) is 15.7. The SMILES string of the molecule is CC[C@@H](C(=O)NC1CCCC1)N(CCc1ccccc1)C(=O)COc1ccc(C(C)C)cc1Br. The molecule has 0 heterocycles. The lowest BCUT2D eigenvalue weighted by Crippen LogP contribution is -2.53. The summed E-state index contributed by atoms with van der Waals surface area (Å²) in [6.45, 7) is 6.59. The third-order valence-electron chi connectivity index (χ3n) is 6.55. The smallest absolute Gasteiger partial charge is 0.261 e.